The molecule has 0 radical (unpaired) electrons. The highest BCUT2D eigenvalue weighted by atomic mass is 31.1. The smallest absolute Gasteiger partial charge is 0.396 e. The first-order valence-electron chi connectivity index (χ1n) is 44.4. The highest BCUT2D eigenvalue weighted by Crippen LogP contribution is 2.30. The van der Waals surface area contributed by atoms with E-state index in [9.17, 15) is 108 Å². The van der Waals surface area contributed by atoms with Gasteiger partial charge in [0.05, 0.1) is 71.6 Å². The lowest BCUT2D eigenvalue weighted by Gasteiger charge is -2.42. The quantitative estimate of drug-likeness (QED) is 0.0218. The van der Waals surface area contributed by atoms with Gasteiger partial charge < -0.3 is 146 Å². The van der Waals surface area contributed by atoms with E-state index in [1.54, 1.807) is 4.90 Å². The van der Waals surface area contributed by atoms with Crippen molar-refractivity contribution in [3.05, 3.63) is 0 Å². The zero-order valence-electron chi connectivity index (χ0n) is 73.4. The zero-order valence-corrected chi connectivity index (χ0v) is 74.3. The summed E-state index contributed by atoms with van der Waals surface area (Å²) >= 11 is 0. The number of likely N-dealkylation sites (tertiary alicyclic amines) is 1. The Morgan fingerprint density at radius 3 is 1.13 bits per heavy atom. The summed E-state index contributed by atoms with van der Waals surface area (Å²) < 4.78 is 75.1. The number of hydrogen-bond acceptors (Lipinski definition) is 34. The standard InChI is InChI=1S/C82H144N9O34P/c1-54(96)87-70-76(111)73(108)61(47-93)123-79(70)118-38-17-13-25-58(99)23-9-8-10-24-59(100)30-42-115-51-82(90-68(106)28-11-6-4-5-7-12-29-69(107)91-46-60(101)45-57(91)50-122-126(114)121-41-20-16-37-92,52-116-43-31-66(104)85-35-21-33-83-64(102)26-14-18-39-119-80-71(88-55(2)97)77(112)74(109)62(48-94)124-80)53-117-44-32-67(105)86-36-22-34-84-65(103)27-15-19-40-120-81-72(89-56(3)98)78(113)75(110)63(49-95)125-81/h57,60-63,70-81,92-95,101,108-113H,4-53H2,1-3H3,(H7-,83,84,85,86,87,88,89,90,96,97,98,102,103,104,105,106)/p+1. The number of aliphatic hydroxyl groups excluding tert-OH is 11. The summed E-state index contributed by atoms with van der Waals surface area (Å²) in [5.41, 5.74) is -1.45. The molecule has 18 unspecified atom stereocenters. The fourth-order valence-corrected chi connectivity index (χ4v) is 15.0. The van der Waals surface area contributed by atoms with Crippen LogP contribution in [0, 0.1) is 0 Å². The molecule has 0 saturated carbocycles. The van der Waals surface area contributed by atoms with E-state index in [0.717, 1.165) is 12.8 Å². The van der Waals surface area contributed by atoms with Gasteiger partial charge in [0.15, 0.2) is 18.9 Å². The van der Waals surface area contributed by atoms with E-state index in [0.29, 0.717) is 109 Å². The van der Waals surface area contributed by atoms with Crippen LogP contribution in [0.2, 0.25) is 0 Å². The molecule has 43 nitrogen and oxygen atoms in total. The lowest BCUT2D eigenvalue weighted by atomic mass is 9.97. The third-order valence-electron chi connectivity index (χ3n) is 21.3. The summed E-state index contributed by atoms with van der Waals surface area (Å²) in [6.45, 7) is 1.97. The van der Waals surface area contributed by atoms with Crippen molar-refractivity contribution in [2.24, 2.45) is 0 Å². The number of hydrogen-bond donors (Lipinski definition) is 19. The summed E-state index contributed by atoms with van der Waals surface area (Å²) in [5.74, 6) is -3.48. The van der Waals surface area contributed by atoms with Gasteiger partial charge in [-0.05, 0) is 96.3 Å². The Bertz CT molecular complexity index is 2940. The lowest BCUT2D eigenvalue weighted by molar-refractivity contribution is -0.270. The van der Waals surface area contributed by atoms with E-state index in [-0.39, 0.29) is 224 Å². The van der Waals surface area contributed by atoms with E-state index in [4.69, 9.17) is 56.8 Å². The second kappa shape index (κ2) is 65.4. The fraction of sp³-hybridized carbons (Fsp3) is 0.866. The monoisotopic (exact) mass is 1830 g/mol. The zero-order chi connectivity index (χ0) is 92.6. The number of β-amino-alcohol motifs (C(OH)–C–C–N with tert-alkyl or cyclic N) is 1. The molecule has 4 fully saturated rings. The average molecular weight is 1830 g/mol. The maximum atomic E-state index is 14.1. The molecule has 4 aliphatic heterocycles. The van der Waals surface area contributed by atoms with E-state index in [1.807, 2.05) is 0 Å². The molecule has 0 aliphatic carbocycles. The number of ketones is 2. The van der Waals surface area contributed by atoms with Crippen molar-refractivity contribution >= 4 is 73.0 Å². The van der Waals surface area contributed by atoms with Crippen LogP contribution in [0.15, 0.2) is 0 Å². The van der Waals surface area contributed by atoms with Gasteiger partial charge in [0.2, 0.25) is 53.2 Å². The van der Waals surface area contributed by atoms with Crippen LogP contribution in [-0.2, 0) is 109 Å². The summed E-state index contributed by atoms with van der Waals surface area (Å²) in [7, 11) is -2.45. The van der Waals surface area contributed by atoms with Gasteiger partial charge in [-0.3, -0.25) is 52.7 Å². The predicted octanol–water partition coefficient (Wildman–Crippen LogP) is -2.67. The van der Waals surface area contributed by atoms with Gasteiger partial charge in [-0.2, -0.15) is 0 Å². The Hall–Kier alpha value is -6.21. The third kappa shape index (κ3) is 46.0. The maximum absolute atomic E-state index is 14.1. The summed E-state index contributed by atoms with van der Waals surface area (Å²) in [6.07, 6.45) is -5.60. The molecule has 19 N–H and O–H groups in total. The van der Waals surface area contributed by atoms with Gasteiger partial charge >= 0.3 is 8.25 Å². The topological polar surface area (TPSA) is 628 Å². The number of rotatable bonds is 71. The van der Waals surface area contributed by atoms with Crippen molar-refractivity contribution in [2.45, 2.75) is 323 Å². The van der Waals surface area contributed by atoms with Crippen LogP contribution in [0.1, 0.15) is 213 Å². The van der Waals surface area contributed by atoms with Gasteiger partial charge in [-0.15, -0.1) is 9.05 Å². The van der Waals surface area contributed by atoms with Crippen molar-refractivity contribution in [1.29, 1.82) is 0 Å². The van der Waals surface area contributed by atoms with E-state index >= 15 is 0 Å². The first-order valence-corrected chi connectivity index (χ1v) is 45.5. The molecule has 0 aromatic carbocycles. The minimum absolute atomic E-state index is 0.0107. The first kappa shape index (κ1) is 112. The molecule has 18 atom stereocenters. The number of Topliss-reactive ketones (excluding diaryl/α,β-unsaturated/α-hetero) is 2. The number of carbonyl (C=O) groups excluding carboxylic acids is 11. The van der Waals surface area contributed by atoms with Crippen LogP contribution in [0.3, 0.4) is 0 Å². The molecule has 0 aromatic heterocycles. The van der Waals surface area contributed by atoms with E-state index in [1.165, 1.54) is 20.8 Å². The molecule has 4 heterocycles. The molecular formula is C82H145N9O34P+. The molecule has 44 heteroatoms. The van der Waals surface area contributed by atoms with Crippen LogP contribution in [0.25, 0.3) is 0 Å². The minimum Gasteiger partial charge on any atom is -0.396 e. The van der Waals surface area contributed by atoms with Crippen molar-refractivity contribution in [3.8, 4) is 0 Å². The second-order valence-electron chi connectivity index (χ2n) is 32.3. The van der Waals surface area contributed by atoms with Crippen LogP contribution in [0.5, 0.6) is 0 Å². The number of ether oxygens (including phenoxy) is 9. The molecule has 126 heavy (non-hydrogen) atoms. The van der Waals surface area contributed by atoms with E-state index in [2.05, 4.69) is 42.5 Å². The van der Waals surface area contributed by atoms with Crippen molar-refractivity contribution in [1.82, 2.24) is 47.4 Å². The third-order valence-corrected chi connectivity index (χ3v) is 22.1. The first-order chi connectivity index (χ1) is 60.4. The van der Waals surface area contributed by atoms with E-state index < -0.39 is 161 Å². The minimum atomic E-state index is -2.45. The Kier molecular flexibility index (Phi) is 58.2. The molecule has 4 aliphatic rings. The molecule has 0 bridgehead atoms. The normalized spacial score (nSPS) is 24.8. The van der Waals surface area contributed by atoms with Gasteiger partial charge in [-0.25, -0.2) is 0 Å². The highest BCUT2D eigenvalue weighted by molar-refractivity contribution is 7.33. The Balaban J connectivity index is 1.33. The van der Waals surface area contributed by atoms with Gasteiger partial charge in [0.25, 0.3) is 0 Å². The molecule has 0 aromatic rings. The van der Waals surface area contributed by atoms with Crippen molar-refractivity contribution < 1.29 is 165 Å². The molecule has 9 amide bonds. The molecule has 0 spiro atoms. The number of aliphatic hydroxyl groups is 11. The number of unbranched alkanes of at least 4 members (excludes halogenated alkanes) is 11. The van der Waals surface area contributed by atoms with Crippen molar-refractivity contribution in [3.63, 3.8) is 0 Å². The summed E-state index contributed by atoms with van der Waals surface area (Å²) in [6, 6.07) is -3.78. The predicted molar refractivity (Wildman–Crippen MR) is 446 cm³/mol. The fourth-order valence-electron chi connectivity index (χ4n) is 14.4. The number of carbonyl (C=O) groups is 11. The number of nitrogens with one attached hydrogen (secondary N) is 8. The Morgan fingerprint density at radius 2 is 0.722 bits per heavy atom. The summed E-state index contributed by atoms with van der Waals surface area (Å²) in [4.78, 5) is 142. The lowest BCUT2D eigenvalue weighted by Crippen LogP contribution is -2.64. The molecule has 726 valence electrons. The van der Waals surface area contributed by atoms with Gasteiger partial charge in [0, 0.05) is 149 Å². The highest BCUT2D eigenvalue weighted by Gasteiger charge is 2.49. The summed E-state index contributed by atoms with van der Waals surface area (Å²) in [5, 5.41) is 132. The van der Waals surface area contributed by atoms with Crippen LogP contribution in [0.4, 0.5) is 0 Å². The maximum Gasteiger partial charge on any atom is 0.697 e. The Labute approximate surface area is 737 Å². The number of nitrogens with zero attached hydrogens (tertiary/aromatic N) is 1. The van der Waals surface area contributed by atoms with Gasteiger partial charge in [0.1, 0.15) is 103 Å². The van der Waals surface area contributed by atoms with Crippen LogP contribution in [-0.4, -0.2) is 367 Å². The molecule has 4 rings (SSSR count). The van der Waals surface area contributed by atoms with Crippen LogP contribution < -0.4 is 42.5 Å². The van der Waals surface area contributed by atoms with Crippen molar-refractivity contribution in [2.75, 3.05) is 132 Å². The van der Waals surface area contributed by atoms with Gasteiger partial charge in [-0.1, -0.05) is 32.1 Å². The molecule has 4 saturated heterocycles. The number of amides is 9. The largest absolute Gasteiger partial charge is 0.697 e. The molecular weight excluding hydrogens is 1690 g/mol. The average Bonchev–Trinajstić information content (AvgIpc) is 1.77. The second-order valence-corrected chi connectivity index (χ2v) is 33.2. The van der Waals surface area contributed by atoms with Crippen LogP contribution >= 0.6 is 8.25 Å². The Morgan fingerprint density at radius 1 is 0.381 bits per heavy atom. The SMILES string of the molecule is CC(=O)NC1C(OCCCCC(=O)CCCCCC(=O)CCOCC(COCCC(=O)NCCCNC(=O)CCCCOC2OC(CO)C(O)C(O)C2NC(C)=O)(COCCC(=O)NCCCNC(=O)CCCCOC2OC(CO)C(O)C(O)C2NC(C)=O)NC(=O)CCCCCCCCC(=O)N2CC(O)CC2CO[P+](=O)OCCCCO)OC(CO)C(O)C1O.